The Kier molecular flexibility index (Phi) is 2.93. The van der Waals surface area contributed by atoms with E-state index in [-0.39, 0.29) is 12.5 Å². The fourth-order valence-electron chi connectivity index (χ4n) is 0.776. The first-order valence-electron chi connectivity index (χ1n) is 3.62. The van der Waals surface area contributed by atoms with Gasteiger partial charge in [0.05, 0.1) is 19.3 Å². The third-order valence-corrected chi connectivity index (χ3v) is 1.39. The van der Waals surface area contributed by atoms with Crippen molar-refractivity contribution in [1.82, 2.24) is 14.8 Å². The molecule has 0 saturated heterocycles. The van der Waals surface area contributed by atoms with Crippen LogP contribution in [-0.4, -0.2) is 37.7 Å². The molecule has 1 rings (SSSR count). The molecule has 7 heteroatoms. The average molecular weight is 186 g/mol. The Hall–Kier alpha value is -1.47. The molecule has 1 unspecified atom stereocenters. The van der Waals surface area contributed by atoms with Crippen LogP contribution in [0.15, 0.2) is 11.0 Å². The van der Waals surface area contributed by atoms with Gasteiger partial charge in [-0.25, -0.2) is 4.68 Å². The van der Waals surface area contributed by atoms with E-state index in [1.165, 1.54) is 0 Å². The molecule has 0 aliphatic rings. The molecule has 1 heterocycles. The summed E-state index contributed by atoms with van der Waals surface area (Å²) in [6.07, 6.45) is 0.0274. The van der Waals surface area contributed by atoms with Gasteiger partial charge in [0.1, 0.15) is 6.20 Å². The molecule has 0 aliphatic heterocycles. The second-order valence-corrected chi connectivity index (χ2v) is 2.47. The number of nitrogen functional groups attached to an aromatic ring is 1. The van der Waals surface area contributed by atoms with Crippen molar-refractivity contribution in [3.05, 3.63) is 16.6 Å². The lowest BCUT2D eigenvalue weighted by Crippen LogP contribution is -2.26. The first-order chi connectivity index (χ1) is 6.13. The fraction of sp³-hybridized carbons (Fsp3) is 0.500. The molecule has 13 heavy (non-hydrogen) atoms. The van der Waals surface area contributed by atoms with Crippen LogP contribution in [0, 0.1) is 0 Å². The Morgan fingerprint density at radius 3 is 2.92 bits per heavy atom. The standard InChI is InChI=1S/C6H10N4O3/c7-6-9-5(13)1-8-10(6)2-4(12)3-11/h1,4,11-12H,2-3H2,(H2,7,9,13). The van der Waals surface area contributed by atoms with E-state index in [0.717, 1.165) is 10.9 Å². The first-order valence-corrected chi connectivity index (χ1v) is 3.62. The second-order valence-electron chi connectivity index (χ2n) is 2.47. The molecule has 0 saturated carbocycles. The molecule has 4 N–H and O–H groups in total. The maximum Gasteiger partial charge on any atom is 0.293 e. The minimum atomic E-state index is -0.959. The Morgan fingerprint density at radius 2 is 2.38 bits per heavy atom. The maximum atomic E-state index is 10.6. The first kappa shape index (κ1) is 9.62. The predicted molar refractivity (Wildman–Crippen MR) is 43.8 cm³/mol. The van der Waals surface area contributed by atoms with Crippen LogP contribution < -0.4 is 11.3 Å². The summed E-state index contributed by atoms with van der Waals surface area (Å²) in [6.45, 7) is -0.386. The quantitative estimate of drug-likeness (QED) is 0.483. The molecular formula is C6H10N4O3. The number of anilines is 1. The zero-order valence-electron chi connectivity index (χ0n) is 6.79. The SMILES string of the molecule is Nc1nc(=O)cnn1CC(O)CO. The van der Waals surface area contributed by atoms with Crippen molar-refractivity contribution < 1.29 is 10.2 Å². The molecule has 1 atom stereocenters. The zero-order valence-corrected chi connectivity index (χ0v) is 6.79. The minimum absolute atomic E-state index is 0.00954. The van der Waals surface area contributed by atoms with Crippen molar-refractivity contribution in [2.45, 2.75) is 12.6 Å². The van der Waals surface area contributed by atoms with E-state index in [1.54, 1.807) is 0 Å². The Bertz CT molecular complexity index is 337. The van der Waals surface area contributed by atoms with Gasteiger partial charge in [0.25, 0.3) is 5.56 Å². The van der Waals surface area contributed by atoms with Crippen molar-refractivity contribution in [3.63, 3.8) is 0 Å². The molecule has 0 aliphatic carbocycles. The van der Waals surface area contributed by atoms with Gasteiger partial charge in [-0.2, -0.15) is 10.1 Å². The minimum Gasteiger partial charge on any atom is -0.394 e. The molecule has 72 valence electrons. The predicted octanol–water partition coefficient (Wildman–Crippen LogP) is -2.43. The molecular weight excluding hydrogens is 176 g/mol. The molecule has 1 aromatic rings. The van der Waals surface area contributed by atoms with E-state index in [4.69, 9.17) is 15.9 Å². The largest absolute Gasteiger partial charge is 0.394 e. The Morgan fingerprint density at radius 1 is 1.69 bits per heavy atom. The van der Waals surface area contributed by atoms with Crippen LogP contribution in [0.4, 0.5) is 5.95 Å². The lowest BCUT2D eigenvalue weighted by atomic mass is 10.4. The van der Waals surface area contributed by atoms with Gasteiger partial charge >= 0.3 is 0 Å². The third-order valence-electron chi connectivity index (χ3n) is 1.39. The Labute approximate surface area is 73.5 Å². The average Bonchev–Trinajstić information content (AvgIpc) is 2.09. The highest BCUT2D eigenvalue weighted by Gasteiger charge is 2.06. The van der Waals surface area contributed by atoms with Gasteiger partial charge < -0.3 is 15.9 Å². The van der Waals surface area contributed by atoms with Gasteiger partial charge in [0, 0.05) is 0 Å². The molecule has 1 aromatic heterocycles. The van der Waals surface area contributed by atoms with Crippen LogP contribution in [0.25, 0.3) is 0 Å². The van der Waals surface area contributed by atoms with Crippen LogP contribution in [-0.2, 0) is 6.54 Å². The number of nitrogens with two attached hydrogens (primary N) is 1. The Balaban J connectivity index is 2.83. The van der Waals surface area contributed by atoms with Gasteiger partial charge in [-0.05, 0) is 0 Å². The van der Waals surface area contributed by atoms with Crippen molar-refractivity contribution in [2.24, 2.45) is 0 Å². The van der Waals surface area contributed by atoms with Crippen LogP contribution in [0.1, 0.15) is 0 Å². The van der Waals surface area contributed by atoms with Crippen LogP contribution >= 0.6 is 0 Å². The number of hydrogen-bond donors (Lipinski definition) is 3. The number of hydrogen-bond acceptors (Lipinski definition) is 6. The molecule has 0 spiro atoms. The highest BCUT2D eigenvalue weighted by Crippen LogP contribution is 1.93. The molecule has 0 bridgehead atoms. The summed E-state index contributed by atoms with van der Waals surface area (Å²) in [5.41, 5.74) is 4.79. The van der Waals surface area contributed by atoms with Crippen LogP contribution in [0.5, 0.6) is 0 Å². The zero-order chi connectivity index (χ0) is 9.84. The summed E-state index contributed by atoms with van der Waals surface area (Å²) in [6, 6.07) is 0. The van der Waals surface area contributed by atoms with E-state index in [9.17, 15) is 4.79 Å². The summed E-state index contributed by atoms with van der Waals surface area (Å²) in [4.78, 5) is 14.0. The third kappa shape index (κ3) is 2.49. The van der Waals surface area contributed by atoms with Crippen molar-refractivity contribution in [1.29, 1.82) is 0 Å². The smallest absolute Gasteiger partial charge is 0.293 e. The monoisotopic (exact) mass is 186 g/mol. The fourth-order valence-corrected chi connectivity index (χ4v) is 0.776. The number of rotatable bonds is 3. The normalized spacial score (nSPS) is 12.8. The van der Waals surface area contributed by atoms with Gasteiger partial charge in [-0.3, -0.25) is 4.79 Å². The summed E-state index contributed by atoms with van der Waals surface area (Å²) in [5.74, 6) is -0.0833. The summed E-state index contributed by atoms with van der Waals surface area (Å²) in [7, 11) is 0. The van der Waals surface area contributed by atoms with E-state index in [1.807, 2.05) is 0 Å². The summed E-state index contributed by atoms with van der Waals surface area (Å²) < 4.78 is 1.14. The summed E-state index contributed by atoms with van der Waals surface area (Å²) >= 11 is 0. The lowest BCUT2D eigenvalue weighted by Gasteiger charge is -2.09. The number of nitrogens with zero attached hydrogens (tertiary/aromatic N) is 3. The summed E-state index contributed by atoms with van der Waals surface area (Å²) in [5, 5.41) is 21.2. The molecule has 0 radical (unpaired) electrons. The molecule has 0 amide bonds. The lowest BCUT2D eigenvalue weighted by molar-refractivity contribution is 0.0781. The van der Waals surface area contributed by atoms with Crippen LogP contribution in [0.2, 0.25) is 0 Å². The topological polar surface area (TPSA) is 114 Å². The van der Waals surface area contributed by atoms with E-state index in [0.29, 0.717) is 0 Å². The van der Waals surface area contributed by atoms with Gasteiger partial charge in [0.15, 0.2) is 0 Å². The van der Waals surface area contributed by atoms with Gasteiger partial charge in [-0.15, -0.1) is 0 Å². The van der Waals surface area contributed by atoms with Crippen molar-refractivity contribution in [2.75, 3.05) is 12.3 Å². The van der Waals surface area contributed by atoms with Gasteiger partial charge in [0.2, 0.25) is 5.95 Å². The van der Waals surface area contributed by atoms with E-state index < -0.39 is 18.3 Å². The highest BCUT2D eigenvalue weighted by molar-refractivity contribution is 5.12. The number of aromatic nitrogens is 3. The number of aliphatic hydroxyl groups is 2. The highest BCUT2D eigenvalue weighted by atomic mass is 16.3. The maximum absolute atomic E-state index is 10.6. The van der Waals surface area contributed by atoms with E-state index in [2.05, 4.69) is 10.1 Å². The van der Waals surface area contributed by atoms with Crippen molar-refractivity contribution in [3.8, 4) is 0 Å². The van der Waals surface area contributed by atoms with E-state index >= 15 is 0 Å². The number of aliphatic hydroxyl groups excluding tert-OH is 2. The van der Waals surface area contributed by atoms with Crippen LogP contribution in [0.3, 0.4) is 0 Å². The molecule has 7 nitrogen and oxygen atoms in total. The van der Waals surface area contributed by atoms with Gasteiger partial charge in [-0.1, -0.05) is 0 Å². The molecule has 0 fully saturated rings. The van der Waals surface area contributed by atoms with Crippen molar-refractivity contribution >= 4 is 5.95 Å². The second kappa shape index (κ2) is 3.97. The molecule has 0 aromatic carbocycles.